The maximum atomic E-state index is 14.1. The minimum absolute atomic E-state index is 0.0240. The second-order valence-electron chi connectivity index (χ2n) is 8.01. The van der Waals surface area contributed by atoms with Gasteiger partial charge in [-0.05, 0) is 29.3 Å². The number of nitrogen functional groups attached to an aromatic ring is 1. The molecular weight excluding hydrogens is 455 g/mol. The van der Waals surface area contributed by atoms with Gasteiger partial charge in [0.25, 0.3) is 0 Å². The van der Waals surface area contributed by atoms with Crippen LogP contribution >= 0.6 is 11.6 Å². The lowest BCUT2D eigenvalue weighted by molar-refractivity contribution is 0.0829. The van der Waals surface area contributed by atoms with Crippen LogP contribution in [0.2, 0.25) is 5.02 Å². The Hall–Kier alpha value is -3.80. The fourth-order valence-electron chi connectivity index (χ4n) is 4.12. The van der Waals surface area contributed by atoms with E-state index < -0.39 is 5.82 Å². The number of nitriles is 1. The van der Waals surface area contributed by atoms with Crippen LogP contribution in [-0.4, -0.2) is 41.5 Å². The van der Waals surface area contributed by atoms with E-state index in [-0.39, 0.29) is 17.6 Å². The predicted molar refractivity (Wildman–Crippen MR) is 130 cm³/mol. The van der Waals surface area contributed by atoms with E-state index >= 15 is 0 Å². The maximum absolute atomic E-state index is 14.1. The van der Waals surface area contributed by atoms with E-state index in [1.54, 1.807) is 12.1 Å². The first-order valence-electron chi connectivity index (χ1n) is 10.7. The van der Waals surface area contributed by atoms with Crippen molar-refractivity contribution in [2.75, 3.05) is 30.3 Å². The summed E-state index contributed by atoms with van der Waals surface area (Å²) in [6.45, 7) is 1.65. The van der Waals surface area contributed by atoms with E-state index in [0.29, 0.717) is 48.2 Å². The standard InChI is InChI=1S/C25H20ClFN6O/c26-19-4-2-1-3-18(19)17-10-22(30-13-17)23-14-33(7-8-34-23)24-11-21(31-25(29)32-24)15-5-6-16(12-28)20(27)9-15/h1-6,9,11,13,23H,7-8,10,14H2,(H2,29,31,32). The highest BCUT2D eigenvalue weighted by Crippen LogP contribution is 2.32. The molecule has 0 saturated carbocycles. The molecule has 3 heterocycles. The molecule has 9 heteroatoms. The molecule has 1 saturated heterocycles. The predicted octanol–water partition coefficient (Wildman–Crippen LogP) is 4.48. The zero-order chi connectivity index (χ0) is 23.7. The second-order valence-corrected chi connectivity index (χ2v) is 8.42. The maximum Gasteiger partial charge on any atom is 0.222 e. The van der Waals surface area contributed by atoms with Crippen molar-refractivity contribution >= 4 is 34.7 Å². The van der Waals surface area contributed by atoms with E-state index in [9.17, 15) is 4.39 Å². The van der Waals surface area contributed by atoms with Gasteiger partial charge in [-0.1, -0.05) is 35.9 Å². The molecule has 5 rings (SSSR count). The first-order valence-corrected chi connectivity index (χ1v) is 11.1. The number of morpholine rings is 1. The Kier molecular flexibility index (Phi) is 5.97. The molecule has 1 fully saturated rings. The normalized spacial score (nSPS) is 17.8. The molecule has 3 aromatic rings. The molecule has 0 spiro atoms. The number of aromatic nitrogens is 2. The number of anilines is 2. The molecule has 7 nitrogen and oxygen atoms in total. The van der Waals surface area contributed by atoms with Crippen molar-refractivity contribution in [3.8, 4) is 17.3 Å². The summed E-state index contributed by atoms with van der Waals surface area (Å²) in [4.78, 5) is 15.3. The van der Waals surface area contributed by atoms with Gasteiger partial charge in [0.15, 0.2) is 0 Å². The van der Waals surface area contributed by atoms with Gasteiger partial charge in [0, 0.05) is 35.8 Å². The van der Waals surface area contributed by atoms with Gasteiger partial charge in [-0.2, -0.15) is 10.2 Å². The Morgan fingerprint density at radius 2 is 2.03 bits per heavy atom. The van der Waals surface area contributed by atoms with Gasteiger partial charge in [-0.25, -0.2) is 9.37 Å². The van der Waals surface area contributed by atoms with Gasteiger partial charge >= 0.3 is 0 Å². The highest BCUT2D eigenvalue weighted by molar-refractivity contribution is 6.32. The van der Waals surface area contributed by atoms with E-state index in [4.69, 9.17) is 27.3 Å². The van der Waals surface area contributed by atoms with Crippen LogP contribution in [0.1, 0.15) is 17.5 Å². The number of nitrogens with two attached hydrogens (primary N) is 1. The number of allylic oxidation sites excluding steroid dienone is 1. The molecule has 0 amide bonds. The van der Waals surface area contributed by atoms with E-state index in [0.717, 1.165) is 16.8 Å². The molecule has 170 valence electrons. The Balaban J connectivity index is 1.34. The lowest BCUT2D eigenvalue weighted by atomic mass is 10.00. The molecule has 2 aliphatic rings. The van der Waals surface area contributed by atoms with Gasteiger partial charge < -0.3 is 15.4 Å². The number of nitrogens with zero attached hydrogens (tertiary/aromatic N) is 5. The molecule has 0 bridgehead atoms. The van der Waals surface area contributed by atoms with E-state index in [1.807, 2.05) is 36.5 Å². The van der Waals surface area contributed by atoms with Crippen LogP contribution in [0.3, 0.4) is 0 Å². The molecule has 34 heavy (non-hydrogen) atoms. The number of halogens is 2. The van der Waals surface area contributed by atoms with Gasteiger partial charge in [0.2, 0.25) is 5.95 Å². The van der Waals surface area contributed by atoms with E-state index in [2.05, 4.69) is 19.9 Å². The summed E-state index contributed by atoms with van der Waals surface area (Å²) in [5.74, 6) is 0.103. The summed E-state index contributed by atoms with van der Waals surface area (Å²) in [6, 6.07) is 15.6. The molecular formula is C25H20ClFN6O. The molecule has 0 radical (unpaired) electrons. The third kappa shape index (κ3) is 4.36. The average molecular weight is 475 g/mol. The molecule has 1 aromatic heterocycles. The number of aliphatic imine (C=N–C) groups is 1. The van der Waals surface area contributed by atoms with Gasteiger partial charge in [-0.15, -0.1) is 0 Å². The smallest absolute Gasteiger partial charge is 0.222 e. The third-order valence-corrected chi connectivity index (χ3v) is 6.18. The van der Waals surface area contributed by atoms with Crippen molar-refractivity contribution in [3.05, 3.63) is 76.7 Å². The van der Waals surface area contributed by atoms with Crippen LogP contribution in [0.4, 0.5) is 16.2 Å². The zero-order valence-corrected chi connectivity index (χ0v) is 18.8. The summed E-state index contributed by atoms with van der Waals surface area (Å²) in [5.41, 5.74) is 9.91. The Bertz CT molecular complexity index is 1370. The number of ether oxygens (including phenoxy) is 1. The topological polar surface area (TPSA) is 100 Å². The fraction of sp³-hybridized carbons (Fsp3) is 0.200. The van der Waals surface area contributed by atoms with Crippen LogP contribution in [0.15, 0.2) is 59.7 Å². The molecule has 2 N–H and O–H groups in total. The second kappa shape index (κ2) is 9.21. The van der Waals surface area contributed by atoms with Crippen molar-refractivity contribution in [2.45, 2.75) is 12.5 Å². The van der Waals surface area contributed by atoms with Crippen LogP contribution in [0.25, 0.3) is 16.8 Å². The third-order valence-electron chi connectivity index (χ3n) is 5.85. The molecule has 2 aromatic carbocycles. The molecule has 2 aliphatic heterocycles. The molecule has 0 aliphatic carbocycles. The number of benzene rings is 2. The van der Waals surface area contributed by atoms with Crippen molar-refractivity contribution in [1.29, 1.82) is 5.26 Å². The Labute approximate surface area is 201 Å². The molecule has 1 atom stereocenters. The van der Waals surface area contributed by atoms with Crippen molar-refractivity contribution in [2.24, 2.45) is 4.99 Å². The Morgan fingerprint density at radius 1 is 1.18 bits per heavy atom. The minimum atomic E-state index is -0.605. The van der Waals surface area contributed by atoms with Crippen molar-refractivity contribution < 1.29 is 9.13 Å². The van der Waals surface area contributed by atoms with Crippen LogP contribution in [-0.2, 0) is 4.74 Å². The quantitative estimate of drug-likeness (QED) is 0.598. The lowest BCUT2D eigenvalue weighted by Gasteiger charge is -2.34. The van der Waals surface area contributed by atoms with Crippen LogP contribution in [0.5, 0.6) is 0 Å². The highest BCUT2D eigenvalue weighted by atomic mass is 35.5. The van der Waals surface area contributed by atoms with Crippen molar-refractivity contribution in [3.63, 3.8) is 0 Å². The van der Waals surface area contributed by atoms with Crippen LogP contribution < -0.4 is 10.6 Å². The summed E-state index contributed by atoms with van der Waals surface area (Å²) in [5, 5.41) is 9.67. The number of hydrogen-bond donors (Lipinski definition) is 1. The summed E-state index contributed by atoms with van der Waals surface area (Å²) in [6.07, 6.45) is 2.29. The van der Waals surface area contributed by atoms with Gasteiger partial charge in [0.1, 0.15) is 23.8 Å². The van der Waals surface area contributed by atoms with E-state index in [1.165, 1.54) is 12.1 Å². The largest absolute Gasteiger partial charge is 0.369 e. The SMILES string of the molecule is N#Cc1ccc(-c2cc(N3CCOC(C4=NC=C(c5ccccc5Cl)C4)C3)nc(N)n2)cc1F. The summed E-state index contributed by atoms with van der Waals surface area (Å²) in [7, 11) is 0. The first kappa shape index (κ1) is 22.0. The molecule has 1 unspecified atom stereocenters. The summed E-state index contributed by atoms with van der Waals surface area (Å²) < 4.78 is 20.2. The minimum Gasteiger partial charge on any atom is -0.369 e. The monoisotopic (exact) mass is 474 g/mol. The zero-order valence-electron chi connectivity index (χ0n) is 18.1. The Morgan fingerprint density at radius 3 is 2.82 bits per heavy atom. The highest BCUT2D eigenvalue weighted by Gasteiger charge is 2.29. The summed E-state index contributed by atoms with van der Waals surface area (Å²) >= 11 is 6.35. The fourth-order valence-corrected chi connectivity index (χ4v) is 4.37. The van der Waals surface area contributed by atoms with Gasteiger partial charge in [0.05, 0.1) is 30.1 Å². The van der Waals surface area contributed by atoms with Crippen LogP contribution in [0, 0.1) is 17.1 Å². The number of hydrogen-bond acceptors (Lipinski definition) is 7. The average Bonchev–Trinajstić information content (AvgIpc) is 3.34. The lowest BCUT2D eigenvalue weighted by Crippen LogP contribution is -2.46. The number of rotatable bonds is 4. The van der Waals surface area contributed by atoms with Crippen molar-refractivity contribution in [1.82, 2.24) is 9.97 Å². The van der Waals surface area contributed by atoms with Gasteiger partial charge in [-0.3, -0.25) is 4.99 Å². The first-order chi connectivity index (χ1) is 16.5.